The van der Waals surface area contributed by atoms with Crippen LogP contribution in [0.2, 0.25) is 0 Å². The molecular weight excluding hydrogens is 262 g/mol. The third-order valence-corrected chi connectivity index (χ3v) is 3.70. The van der Waals surface area contributed by atoms with Gasteiger partial charge in [0.05, 0.1) is 0 Å². The monoisotopic (exact) mass is 283 g/mol. The average Bonchev–Trinajstić information content (AvgIpc) is 2.40. The second kappa shape index (κ2) is 6.49. The molecule has 0 radical (unpaired) electrons. The minimum Gasteiger partial charge on any atom is -0.356 e. The lowest BCUT2D eigenvalue weighted by molar-refractivity contribution is -0.152. The molecule has 0 aromatic heterocycles. The molecule has 1 fully saturated rings. The van der Waals surface area contributed by atoms with Crippen molar-refractivity contribution < 1.29 is 19.2 Å². The normalized spacial score (nSPS) is 17.9. The Morgan fingerprint density at radius 2 is 1.80 bits per heavy atom. The summed E-state index contributed by atoms with van der Waals surface area (Å²) < 4.78 is 0. The van der Waals surface area contributed by atoms with Crippen LogP contribution in [0.3, 0.4) is 0 Å². The highest BCUT2D eigenvalue weighted by Crippen LogP contribution is 2.32. The van der Waals surface area contributed by atoms with Gasteiger partial charge in [-0.2, -0.15) is 0 Å². The lowest BCUT2D eigenvalue weighted by atomic mass is 9.78. The maximum Gasteiger partial charge on any atom is 0.330 e. The SMILES string of the molecule is CCNC(=O)CCN1C(=O)NC(=O)C(CC)(CC)C1=O. The van der Waals surface area contributed by atoms with Crippen LogP contribution in [0.1, 0.15) is 40.0 Å². The maximum absolute atomic E-state index is 12.4. The van der Waals surface area contributed by atoms with Crippen molar-refractivity contribution in [1.82, 2.24) is 15.5 Å². The summed E-state index contributed by atoms with van der Waals surface area (Å²) in [7, 11) is 0. The fraction of sp³-hybridized carbons (Fsp3) is 0.692. The van der Waals surface area contributed by atoms with E-state index >= 15 is 0 Å². The molecule has 0 aliphatic carbocycles. The molecule has 5 amide bonds. The Hall–Kier alpha value is -1.92. The summed E-state index contributed by atoms with van der Waals surface area (Å²) in [5, 5.41) is 4.80. The topological polar surface area (TPSA) is 95.6 Å². The van der Waals surface area contributed by atoms with Gasteiger partial charge < -0.3 is 5.32 Å². The highest BCUT2D eigenvalue weighted by atomic mass is 16.2. The predicted molar refractivity (Wildman–Crippen MR) is 71.6 cm³/mol. The summed E-state index contributed by atoms with van der Waals surface area (Å²) >= 11 is 0. The predicted octanol–water partition coefficient (Wildman–Crippen LogP) is 0.397. The van der Waals surface area contributed by atoms with Crippen LogP contribution in [-0.4, -0.2) is 41.7 Å². The number of amides is 5. The van der Waals surface area contributed by atoms with E-state index in [2.05, 4.69) is 10.6 Å². The van der Waals surface area contributed by atoms with E-state index in [0.717, 1.165) is 4.90 Å². The first-order valence-electron chi connectivity index (χ1n) is 6.87. The lowest BCUT2D eigenvalue weighted by Crippen LogP contribution is -2.63. The molecule has 20 heavy (non-hydrogen) atoms. The lowest BCUT2D eigenvalue weighted by Gasteiger charge is -2.38. The molecule has 2 N–H and O–H groups in total. The van der Waals surface area contributed by atoms with Gasteiger partial charge in [-0.05, 0) is 19.8 Å². The van der Waals surface area contributed by atoms with E-state index in [-0.39, 0.29) is 18.9 Å². The quantitative estimate of drug-likeness (QED) is 0.690. The van der Waals surface area contributed by atoms with Crippen molar-refractivity contribution in [1.29, 1.82) is 0 Å². The van der Waals surface area contributed by atoms with Gasteiger partial charge in [0.1, 0.15) is 5.41 Å². The first kappa shape index (κ1) is 16.1. The fourth-order valence-electron chi connectivity index (χ4n) is 2.31. The number of nitrogens with zero attached hydrogens (tertiary/aromatic N) is 1. The number of urea groups is 1. The van der Waals surface area contributed by atoms with E-state index in [9.17, 15) is 19.2 Å². The number of hydrogen-bond donors (Lipinski definition) is 2. The molecule has 0 unspecified atom stereocenters. The van der Waals surface area contributed by atoms with Crippen LogP contribution in [0.5, 0.6) is 0 Å². The van der Waals surface area contributed by atoms with Crippen molar-refractivity contribution in [2.75, 3.05) is 13.1 Å². The Kier molecular flexibility index (Phi) is 5.24. The zero-order valence-electron chi connectivity index (χ0n) is 12.1. The summed E-state index contributed by atoms with van der Waals surface area (Å²) in [5.41, 5.74) is -1.20. The number of carbonyl (C=O) groups excluding carboxylic acids is 4. The summed E-state index contributed by atoms with van der Waals surface area (Å²) in [6, 6.07) is -0.748. The molecule has 0 aromatic rings. The van der Waals surface area contributed by atoms with Crippen LogP contribution in [0, 0.1) is 5.41 Å². The second-order valence-electron chi connectivity index (χ2n) is 4.71. The smallest absolute Gasteiger partial charge is 0.330 e. The van der Waals surface area contributed by atoms with E-state index in [1.807, 2.05) is 0 Å². The average molecular weight is 283 g/mol. The van der Waals surface area contributed by atoms with Crippen LogP contribution in [0.15, 0.2) is 0 Å². The zero-order chi connectivity index (χ0) is 15.3. The number of nitrogens with one attached hydrogen (secondary N) is 2. The summed E-state index contributed by atoms with van der Waals surface area (Å²) in [5.74, 6) is -1.30. The van der Waals surface area contributed by atoms with Gasteiger partial charge in [0.25, 0.3) is 0 Å². The molecule has 7 nitrogen and oxygen atoms in total. The molecule has 0 saturated carbocycles. The van der Waals surface area contributed by atoms with Gasteiger partial charge in [-0.3, -0.25) is 24.6 Å². The van der Waals surface area contributed by atoms with Crippen molar-refractivity contribution in [2.24, 2.45) is 5.41 Å². The number of carbonyl (C=O) groups is 4. The van der Waals surface area contributed by atoms with Crippen LogP contribution in [0.4, 0.5) is 4.79 Å². The third-order valence-electron chi connectivity index (χ3n) is 3.70. The Labute approximate surface area is 118 Å². The summed E-state index contributed by atoms with van der Waals surface area (Å²) in [6.45, 7) is 5.73. The molecule has 1 aliphatic heterocycles. The highest BCUT2D eigenvalue weighted by molar-refractivity contribution is 6.19. The Morgan fingerprint density at radius 3 is 2.30 bits per heavy atom. The number of rotatable bonds is 6. The van der Waals surface area contributed by atoms with Crippen LogP contribution in [0.25, 0.3) is 0 Å². The van der Waals surface area contributed by atoms with E-state index in [4.69, 9.17) is 0 Å². The van der Waals surface area contributed by atoms with Crippen molar-refractivity contribution in [2.45, 2.75) is 40.0 Å². The molecule has 0 bridgehead atoms. The van der Waals surface area contributed by atoms with E-state index in [0.29, 0.717) is 19.4 Å². The minimum atomic E-state index is -1.20. The molecule has 7 heteroatoms. The zero-order valence-corrected chi connectivity index (χ0v) is 12.1. The molecule has 0 spiro atoms. The van der Waals surface area contributed by atoms with Gasteiger partial charge in [0, 0.05) is 19.5 Å². The van der Waals surface area contributed by atoms with Crippen molar-refractivity contribution in [3.05, 3.63) is 0 Å². The number of barbiturate groups is 1. The largest absolute Gasteiger partial charge is 0.356 e. The van der Waals surface area contributed by atoms with E-state index < -0.39 is 23.3 Å². The van der Waals surface area contributed by atoms with Crippen LogP contribution < -0.4 is 10.6 Å². The van der Waals surface area contributed by atoms with Crippen LogP contribution in [-0.2, 0) is 14.4 Å². The molecule has 1 rings (SSSR count). The number of hydrogen-bond acceptors (Lipinski definition) is 4. The van der Waals surface area contributed by atoms with Crippen molar-refractivity contribution in [3.8, 4) is 0 Å². The fourth-order valence-corrected chi connectivity index (χ4v) is 2.31. The molecule has 1 heterocycles. The van der Waals surface area contributed by atoms with Crippen molar-refractivity contribution >= 4 is 23.8 Å². The van der Waals surface area contributed by atoms with Gasteiger partial charge in [-0.25, -0.2) is 4.79 Å². The molecule has 1 saturated heterocycles. The number of imide groups is 2. The summed E-state index contributed by atoms with van der Waals surface area (Å²) in [4.78, 5) is 48.5. The molecular formula is C13H21N3O4. The maximum atomic E-state index is 12.4. The van der Waals surface area contributed by atoms with E-state index in [1.54, 1.807) is 20.8 Å². The Bertz CT molecular complexity index is 429. The Balaban J connectivity index is 2.85. The van der Waals surface area contributed by atoms with Gasteiger partial charge in [-0.1, -0.05) is 13.8 Å². The van der Waals surface area contributed by atoms with Gasteiger partial charge in [0.2, 0.25) is 17.7 Å². The highest BCUT2D eigenvalue weighted by Gasteiger charge is 2.51. The minimum absolute atomic E-state index is 0.0223. The van der Waals surface area contributed by atoms with Gasteiger partial charge in [-0.15, -0.1) is 0 Å². The van der Waals surface area contributed by atoms with Crippen molar-refractivity contribution in [3.63, 3.8) is 0 Å². The molecule has 0 atom stereocenters. The summed E-state index contributed by atoms with van der Waals surface area (Å²) in [6.07, 6.45) is 0.670. The van der Waals surface area contributed by atoms with Gasteiger partial charge in [0.15, 0.2) is 0 Å². The van der Waals surface area contributed by atoms with Crippen LogP contribution >= 0.6 is 0 Å². The first-order chi connectivity index (χ1) is 9.42. The molecule has 0 aromatic carbocycles. The Morgan fingerprint density at radius 1 is 1.20 bits per heavy atom. The molecule has 112 valence electrons. The second-order valence-corrected chi connectivity index (χ2v) is 4.71. The van der Waals surface area contributed by atoms with E-state index in [1.165, 1.54) is 0 Å². The molecule has 1 aliphatic rings. The standard InChI is InChI=1S/C13H21N3O4/c1-4-13(5-2)10(18)15-12(20)16(11(13)19)8-7-9(17)14-6-3/h4-8H2,1-3H3,(H,14,17)(H,15,18,20). The van der Waals surface area contributed by atoms with Gasteiger partial charge >= 0.3 is 6.03 Å². The third kappa shape index (κ3) is 2.81. The first-order valence-corrected chi connectivity index (χ1v) is 6.87.